The van der Waals surface area contributed by atoms with Crippen molar-refractivity contribution < 1.29 is 9.53 Å². The molecule has 0 unspecified atom stereocenters. The maximum atomic E-state index is 11.8. The monoisotopic (exact) mass is 397 g/mol. The molecule has 0 spiro atoms. The van der Waals surface area contributed by atoms with Crippen LogP contribution < -0.4 is 5.32 Å². The van der Waals surface area contributed by atoms with Gasteiger partial charge in [-0.05, 0) is 45.7 Å². The largest absolute Gasteiger partial charge is 0.460 e. The van der Waals surface area contributed by atoms with E-state index in [9.17, 15) is 4.79 Å². The Kier molecular flexibility index (Phi) is 6.35. The summed E-state index contributed by atoms with van der Waals surface area (Å²) in [5.41, 5.74) is 2.26. The van der Waals surface area contributed by atoms with Crippen molar-refractivity contribution in [3.8, 4) is 0 Å². The zero-order valence-electron chi connectivity index (χ0n) is 18.0. The Morgan fingerprint density at radius 3 is 2.62 bits per heavy atom. The Hall–Kier alpha value is -2.70. The number of para-hydroxylation sites is 2. The van der Waals surface area contributed by atoms with Crippen molar-refractivity contribution in [3.63, 3.8) is 0 Å². The second-order valence-electron chi connectivity index (χ2n) is 8.64. The molecule has 0 aliphatic carbocycles. The SMILES string of the molecule is CC(C)c1nnc2c(NCCCCCC(=O)OC(C)(C)C)nc3ccccc3n12. The quantitative estimate of drug-likeness (QED) is 0.438. The Balaban J connectivity index is 1.63. The predicted molar refractivity (Wildman–Crippen MR) is 115 cm³/mol. The number of nitrogens with one attached hydrogen (secondary N) is 1. The zero-order chi connectivity index (χ0) is 21.0. The minimum Gasteiger partial charge on any atom is -0.460 e. The van der Waals surface area contributed by atoms with E-state index in [0.717, 1.165) is 54.1 Å². The summed E-state index contributed by atoms with van der Waals surface area (Å²) in [6, 6.07) is 8.04. The molecule has 0 aliphatic rings. The number of benzene rings is 1. The number of ether oxygens (including phenoxy) is 1. The third-order valence-electron chi connectivity index (χ3n) is 4.54. The molecule has 7 heteroatoms. The maximum absolute atomic E-state index is 11.8. The number of anilines is 1. The summed E-state index contributed by atoms with van der Waals surface area (Å²) < 4.78 is 7.44. The van der Waals surface area contributed by atoms with Gasteiger partial charge in [-0.2, -0.15) is 0 Å². The number of nitrogens with zero attached hydrogens (tertiary/aromatic N) is 4. The van der Waals surface area contributed by atoms with Crippen LogP contribution in [-0.2, 0) is 9.53 Å². The van der Waals surface area contributed by atoms with Gasteiger partial charge in [0.25, 0.3) is 0 Å². The summed E-state index contributed by atoms with van der Waals surface area (Å²) >= 11 is 0. The standard InChI is InChI=1S/C22H31N5O2/c1-15(2)20-25-26-21-19(24-16-11-8-9-12-17(16)27(20)21)23-14-10-6-7-13-18(28)29-22(3,4)5/h8-9,11-12,15H,6-7,10,13-14H2,1-5H3,(H,23,24). The molecule has 0 bridgehead atoms. The van der Waals surface area contributed by atoms with Crippen LogP contribution in [0.25, 0.3) is 16.7 Å². The first-order valence-electron chi connectivity index (χ1n) is 10.4. The second-order valence-corrected chi connectivity index (χ2v) is 8.64. The minimum atomic E-state index is -0.418. The molecule has 2 heterocycles. The molecular weight excluding hydrogens is 366 g/mol. The highest BCUT2D eigenvalue weighted by Crippen LogP contribution is 2.24. The van der Waals surface area contributed by atoms with Crippen molar-refractivity contribution in [1.82, 2.24) is 19.6 Å². The van der Waals surface area contributed by atoms with Gasteiger partial charge in [0.2, 0.25) is 5.65 Å². The van der Waals surface area contributed by atoms with Gasteiger partial charge in [0, 0.05) is 18.9 Å². The number of carbonyl (C=O) groups excluding carboxylic acids is 1. The molecule has 3 aromatic rings. The van der Waals surface area contributed by atoms with Crippen molar-refractivity contribution in [2.24, 2.45) is 0 Å². The Bertz CT molecular complexity index is 988. The summed E-state index contributed by atoms with van der Waals surface area (Å²) in [4.78, 5) is 16.5. The van der Waals surface area contributed by atoms with Gasteiger partial charge in [-0.25, -0.2) is 4.98 Å². The molecule has 156 valence electrons. The molecule has 0 saturated carbocycles. The van der Waals surface area contributed by atoms with Crippen LogP contribution in [-0.4, -0.2) is 37.7 Å². The summed E-state index contributed by atoms with van der Waals surface area (Å²) in [7, 11) is 0. The Labute approximate surface area is 171 Å². The molecule has 0 fully saturated rings. The van der Waals surface area contributed by atoms with E-state index in [1.807, 2.05) is 45.0 Å². The van der Waals surface area contributed by atoms with E-state index in [-0.39, 0.29) is 11.9 Å². The van der Waals surface area contributed by atoms with Gasteiger partial charge in [-0.15, -0.1) is 10.2 Å². The third-order valence-corrected chi connectivity index (χ3v) is 4.54. The highest BCUT2D eigenvalue weighted by atomic mass is 16.6. The lowest BCUT2D eigenvalue weighted by atomic mass is 10.1. The molecule has 1 N–H and O–H groups in total. The summed E-state index contributed by atoms with van der Waals surface area (Å²) in [5.74, 6) is 1.80. The van der Waals surface area contributed by atoms with E-state index >= 15 is 0 Å². The van der Waals surface area contributed by atoms with Crippen molar-refractivity contribution >= 4 is 28.5 Å². The first-order valence-corrected chi connectivity index (χ1v) is 10.4. The van der Waals surface area contributed by atoms with Crippen LogP contribution >= 0.6 is 0 Å². The smallest absolute Gasteiger partial charge is 0.306 e. The number of fused-ring (bicyclic) bond motifs is 3. The number of hydrogen-bond donors (Lipinski definition) is 1. The molecule has 0 atom stereocenters. The van der Waals surface area contributed by atoms with Crippen LogP contribution in [0.4, 0.5) is 5.82 Å². The third kappa shape index (κ3) is 5.22. The van der Waals surface area contributed by atoms with Crippen molar-refractivity contribution in [1.29, 1.82) is 0 Å². The van der Waals surface area contributed by atoms with Crippen molar-refractivity contribution in [3.05, 3.63) is 30.1 Å². The molecule has 29 heavy (non-hydrogen) atoms. The van der Waals surface area contributed by atoms with Crippen LogP contribution in [0.1, 0.15) is 72.0 Å². The van der Waals surface area contributed by atoms with E-state index in [0.29, 0.717) is 6.42 Å². The molecule has 0 amide bonds. The van der Waals surface area contributed by atoms with Crippen LogP contribution in [0.3, 0.4) is 0 Å². The van der Waals surface area contributed by atoms with Gasteiger partial charge in [0.05, 0.1) is 11.0 Å². The fourth-order valence-electron chi connectivity index (χ4n) is 3.27. The van der Waals surface area contributed by atoms with E-state index in [4.69, 9.17) is 9.72 Å². The van der Waals surface area contributed by atoms with Gasteiger partial charge in [0.1, 0.15) is 11.4 Å². The molecule has 0 saturated heterocycles. The molecule has 1 aromatic carbocycles. The lowest BCUT2D eigenvalue weighted by molar-refractivity contribution is -0.154. The average molecular weight is 398 g/mol. The normalized spacial score (nSPS) is 12.1. The van der Waals surface area contributed by atoms with Gasteiger partial charge in [-0.3, -0.25) is 9.20 Å². The fraction of sp³-hybridized carbons (Fsp3) is 0.545. The number of unbranched alkanes of at least 4 members (excludes halogenated alkanes) is 2. The van der Waals surface area contributed by atoms with Gasteiger partial charge >= 0.3 is 5.97 Å². The lowest BCUT2D eigenvalue weighted by Gasteiger charge is -2.19. The zero-order valence-corrected chi connectivity index (χ0v) is 18.0. The number of esters is 1. The number of aromatic nitrogens is 4. The van der Waals surface area contributed by atoms with E-state index < -0.39 is 5.60 Å². The van der Waals surface area contributed by atoms with Crippen molar-refractivity contribution in [2.45, 2.75) is 71.8 Å². The summed E-state index contributed by atoms with van der Waals surface area (Å²) in [6.45, 7) is 10.7. The Morgan fingerprint density at radius 1 is 1.14 bits per heavy atom. The molecule has 0 aliphatic heterocycles. The molecule has 3 rings (SSSR count). The highest BCUT2D eigenvalue weighted by Gasteiger charge is 2.17. The lowest BCUT2D eigenvalue weighted by Crippen LogP contribution is -2.23. The van der Waals surface area contributed by atoms with E-state index in [1.54, 1.807) is 0 Å². The maximum Gasteiger partial charge on any atom is 0.306 e. The molecular formula is C22H31N5O2. The summed E-state index contributed by atoms with van der Waals surface area (Å²) in [6.07, 6.45) is 3.16. The van der Waals surface area contributed by atoms with Gasteiger partial charge in [0.15, 0.2) is 5.82 Å². The van der Waals surface area contributed by atoms with Gasteiger partial charge < -0.3 is 10.1 Å². The van der Waals surface area contributed by atoms with Crippen LogP contribution in [0.15, 0.2) is 24.3 Å². The molecule has 2 aromatic heterocycles. The predicted octanol–water partition coefficient (Wildman–Crippen LogP) is 4.71. The van der Waals surface area contributed by atoms with E-state index in [1.165, 1.54) is 0 Å². The van der Waals surface area contributed by atoms with Crippen molar-refractivity contribution in [2.75, 3.05) is 11.9 Å². The van der Waals surface area contributed by atoms with Crippen LogP contribution in [0, 0.1) is 0 Å². The highest BCUT2D eigenvalue weighted by molar-refractivity contribution is 5.82. The first-order chi connectivity index (χ1) is 13.8. The number of rotatable bonds is 8. The topological polar surface area (TPSA) is 81.4 Å². The van der Waals surface area contributed by atoms with Crippen LogP contribution in [0.2, 0.25) is 0 Å². The summed E-state index contributed by atoms with van der Waals surface area (Å²) in [5, 5.41) is 12.2. The second kappa shape index (κ2) is 8.76. The molecule has 7 nitrogen and oxygen atoms in total. The Morgan fingerprint density at radius 2 is 1.90 bits per heavy atom. The first kappa shape index (κ1) is 21.0. The van der Waals surface area contributed by atoms with Crippen LogP contribution in [0.5, 0.6) is 0 Å². The van der Waals surface area contributed by atoms with E-state index in [2.05, 4.69) is 33.8 Å². The minimum absolute atomic E-state index is 0.131. The average Bonchev–Trinajstić information content (AvgIpc) is 3.09. The number of carbonyl (C=O) groups is 1. The number of hydrogen-bond acceptors (Lipinski definition) is 6. The molecule has 0 radical (unpaired) electrons. The van der Waals surface area contributed by atoms with Gasteiger partial charge in [-0.1, -0.05) is 32.4 Å². The fourth-order valence-corrected chi connectivity index (χ4v) is 3.27.